The van der Waals surface area contributed by atoms with Crippen molar-refractivity contribution < 1.29 is 4.42 Å². The third-order valence-electron chi connectivity index (χ3n) is 15.7. The highest BCUT2D eigenvalue weighted by Crippen LogP contribution is 2.64. The molecule has 14 aromatic rings. The van der Waals surface area contributed by atoms with Gasteiger partial charge in [0.05, 0.1) is 5.41 Å². The number of fused-ring (bicyclic) bond motifs is 14. The van der Waals surface area contributed by atoms with Gasteiger partial charge in [0.1, 0.15) is 11.2 Å². The summed E-state index contributed by atoms with van der Waals surface area (Å²) in [6.45, 7) is 0. The minimum Gasteiger partial charge on any atom is -0.456 e. The van der Waals surface area contributed by atoms with Crippen molar-refractivity contribution in [1.82, 2.24) is 15.0 Å². The van der Waals surface area contributed by atoms with Gasteiger partial charge >= 0.3 is 0 Å². The second-order valence-electron chi connectivity index (χ2n) is 19.4. The molecule has 332 valence electrons. The largest absolute Gasteiger partial charge is 0.456 e. The van der Waals surface area contributed by atoms with Crippen LogP contribution in [0.15, 0.2) is 241 Å². The van der Waals surface area contributed by atoms with Gasteiger partial charge in [-0.3, -0.25) is 0 Å². The lowest BCUT2D eigenvalue weighted by Crippen LogP contribution is -2.25. The van der Waals surface area contributed by atoms with Crippen LogP contribution >= 0.6 is 0 Å². The summed E-state index contributed by atoms with van der Waals surface area (Å²) in [5.74, 6) is 1.92. The van der Waals surface area contributed by atoms with Crippen LogP contribution < -0.4 is 0 Å². The van der Waals surface area contributed by atoms with Crippen LogP contribution in [0.5, 0.6) is 0 Å². The first-order chi connectivity index (χ1) is 35.7. The van der Waals surface area contributed by atoms with Crippen molar-refractivity contribution in [2.75, 3.05) is 0 Å². The van der Waals surface area contributed by atoms with E-state index in [1.54, 1.807) is 0 Å². The minimum atomic E-state index is -0.525. The van der Waals surface area contributed by atoms with Crippen LogP contribution in [0.4, 0.5) is 0 Å². The summed E-state index contributed by atoms with van der Waals surface area (Å²) in [7, 11) is 0. The molecule has 0 atom stereocenters. The van der Waals surface area contributed by atoms with E-state index < -0.39 is 5.41 Å². The topological polar surface area (TPSA) is 51.8 Å². The third kappa shape index (κ3) is 5.43. The first-order valence-corrected chi connectivity index (χ1v) is 24.7. The molecule has 0 amide bonds. The molecule has 2 heterocycles. The zero-order valence-corrected chi connectivity index (χ0v) is 38.8. The highest BCUT2D eigenvalue weighted by atomic mass is 16.3. The number of hydrogen-bond acceptors (Lipinski definition) is 4. The molecule has 0 bridgehead atoms. The Balaban J connectivity index is 0.867. The second-order valence-corrected chi connectivity index (χ2v) is 19.4. The molecule has 0 saturated carbocycles. The molecule has 2 aromatic heterocycles. The molecule has 4 heteroatoms. The second kappa shape index (κ2) is 14.8. The Morgan fingerprint density at radius 1 is 0.278 bits per heavy atom. The molecule has 0 fully saturated rings. The first-order valence-electron chi connectivity index (χ1n) is 24.7. The maximum absolute atomic E-state index is 6.42. The number of benzene rings is 12. The summed E-state index contributed by atoms with van der Waals surface area (Å²) < 4.78 is 6.42. The summed E-state index contributed by atoms with van der Waals surface area (Å²) in [5, 5.41) is 9.65. The third-order valence-corrected chi connectivity index (χ3v) is 15.7. The Bertz CT molecular complexity index is 4520. The molecule has 16 rings (SSSR count). The molecule has 0 saturated heterocycles. The van der Waals surface area contributed by atoms with Crippen molar-refractivity contribution in [3.05, 3.63) is 259 Å². The van der Waals surface area contributed by atoms with E-state index in [9.17, 15) is 0 Å². The lowest BCUT2D eigenvalue weighted by atomic mass is 9.70. The molecule has 0 unspecified atom stereocenters. The maximum atomic E-state index is 6.42. The quantitative estimate of drug-likeness (QED) is 0.161. The van der Waals surface area contributed by atoms with Crippen molar-refractivity contribution >= 4 is 54.3 Å². The standard InChI is InChI=1S/C68H39N3O/c1-2-14-42(15-3-1)65-69-66(71-67(70-65)47-32-29-40-13-4-5-16-44(40)37-47)43-30-27-41(28-31-43)45-33-36-54-59(39-45)68(56-22-8-6-17-50(56)51-18-7-9-23-57(51)68)58-24-10-19-48(62(54)58)46-34-35-49-52-20-11-25-60-63(52)64-53(55(49)38-46)21-12-26-61(64)72-60/h1-39H. The molecule has 2 aliphatic carbocycles. The van der Waals surface area contributed by atoms with Crippen LogP contribution in [0.1, 0.15) is 22.3 Å². The summed E-state index contributed by atoms with van der Waals surface area (Å²) >= 11 is 0. The Morgan fingerprint density at radius 2 is 0.819 bits per heavy atom. The van der Waals surface area contributed by atoms with Gasteiger partial charge in [-0.1, -0.05) is 206 Å². The number of nitrogens with zero attached hydrogens (tertiary/aromatic N) is 3. The summed E-state index contributed by atoms with van der Waals surface area (Å²) in [5.41, 5.74) is 19.2. The van der Waals surface area contributed by atoms with Gasteiger partial charge in [-0.15, -0.1) is 0 Å². The zero-order valence-electron chi connectivity index (χ0n) is 38.8. The average Bonchev–Trinajstić information content (AvgIpc) is 4.09. The van der Waals surface area contributed by atoms with E-state index in [2.05, 4.69) is 218 Å². The highest BCUT2D eigenvalue weighted by Gasteiger charge is 2.52. The van der Waals surface area contributed by atoms with Crippen molar-refractivity contribution in [2.45, 2.75) is 5.41 Å². The van der Waals surface area contributed by atoms with Gasteiger partial charge in [0.25, 0.3) is 0 Å². The lowest BCUT2D eigenvalue weighted by molar-refractivity contribution is 0.669. The van der Waals surface area contributed by atoms with Crippen LogP contribution in [0.3, 0.4) is 0 Å². The van der Waals surface area contributed by atoms with Crippen molar-refractivity contribution in [1.29, 1.82) is 0 Å². The zero-order chi connectivity index (χ0) is 47.1. The smallest absolute Gasteiger partial charge is 0.164 e. The predicted molar refractivity (Wildman–Crippen MR) is 294 cm³/mol. The minimum absolute atomic E-state index is 0.525. The molecule has 12 aromatic carbocycles. The van der Waals surface area contributed by atoms with Gasteiger partial charge in [0.2, 0.25) is 0 Å². The average molecular weight is 914 g/mol. The van der Waals surface area contributed by atoms with Gasteiger partial charge in [0.15, 0.2) is 17.5 Å². The van der Waals surface area contributed by atoms with E-state index in [1.165, 1.54) is 93.3 Å². The Hall–Kier alpha value is -9.51. The van der Waals surface area contributed by atoms with E-state index in [4.69, 9.17) is 19.4 Å². The van der Waals surface area contributed by atoms with Crippen molar-refractivity contribution in [3.8, 4) is 78.7 Å². The normalized spacial score (nSPS) is 13.1. The van der Waals surface area contributed by atoms with Crippen LogP contribution in [0.25, 0.3) is 133 Å². The number of aromatic nitrogens is 3. The fraction of sp³-hybridized carbons (Fsp3) is 0.0147. The molecular formula is C68H39N3O. The number of furan rings is 1. The molecule has 2 aliphatic rings. The molecule has 0 radical (unpaired) electrons. The molecular weight excluding hydrogens is 875 g/mol. The Morgan fingerprint density at radius 3 is 1.56 bits per heavy atom. The van der Waals surface area contributed by atoms with Crippen LogP contribution in [-0.4, -0.2) is 15.0 Å². The molecule has 0 N–H and O–H groups in total. The monoisotopic (exact) mass is 913 g/mol. The fourth-order valence-corrected chi connectivity index (χ4v) is 12.6. The van der Waals surface area contributed by atoms with Gasteiger partial charge in [-0.25, -0.2) is 15.0 Å². The summed E-state index contributed by atoms with van der Waals surface area (Å²) in [4.78, 5) is 15.2. The van der Waals surface area contributed by atoms with E-state index in [0.29, 0.717) is 17.5 Å². The molecule has 72 heavy (non-hydrogen) atoms. The maximum Gasteiger partial charge on any atom is 0.164 e. The van der Waals surface area contributed by atoms with Crippen LogP contribution in [0, 0.1) is 0 Å². The van der Waals surface area contributed by atoms with Crippen molar-refractivity contribution in [2.24, 2.45) is 0 Å². The number of hydrogen-bond donors (Lipinski definition) is 0. The molecule has 4 nitrogen and oxygen atoms in total. The number of rotatable bonds is 5. The SMILES string of the molecule is c1ccc(-c2nc(-c3ccc(-c4ccc5c(c4)C4(c6ccccc6-c6ccccc64)c4cccc(-c6ccc7c(c6)c6cccc8oc9cccc7c9c86)c4-5)cc3)nc(-c3ccc4ccccc4c3)n2)cc1. The van der Waals surface area contributed by atoms with E-state index in [0.717, 1.165) is 44.4 Å². The fourth-order valence-electron chi connectivity index (χ4n) is 12.6. The van der Waals surface area contributed by atoms with Gasteiger partial charge in [0, 0.05) is 27.5 Å². The molecule has 1 spiro atoms. The van der Waals surface area contributed by atoms with Gasteiger partial charge in [-0.2, -0.15) is 0 Å². The summed E-state index contributed by atoms with van der Waals surface area (Å²) in [6, 6.07) is 86.0. The van der Waals surface area contributed by atoms with E-state index in [-0.39, 0.29) is 0 Å². The summed E-state index contributed by atoms with van der Waals surface area (Å²) in [6.07, 6.45) is 0. The first kappa shape index (κ1) is 39.3. The molecule has 0 aliphatic heterocycles. The van der Waals surface area contributed by atoms with E-state index in [1.807, 2.05) is 18.2 Å². The Kier molecular flexibility index (Phi) is 8.06. The van der Waals surface area contributed by atoms with Crippen LogP contribution in [-0.2, 0) is 5.41 Å². The lowest BCUT2D eigenvalue weighted by Gasteiger charge is -2.31. The highest BCUT2D eigenvalue weighted by molar-refractivity contribution is 6.33. The van der Waals surface area contributed by atoms with Crippen molar-refractivity contribution in [3.63, 3.8) is 0 Å². The van der Waals surface area contributed by atoms with E-state index >= 15 is 0 Å². The van der Waals surface area contributed by atoms with Gasteiger partial charge < -0.3 is 4.42 Å². The Labute approximate surface area is 414 Å². The van der Waals surface area contributed by atoms with Crippen LogP contribution in [0.2, 0.25) is 0 Å². The predicted octanol–water partition coefficient (Wildman–Crippen LogP) is 17.3. The van der Waals surface area contributed by atoms with Gasteiger partial charge in [-0.05, 0) is 129 Å².